The Hall–Kier alpha value is -1.95. The lowest BCUT2D eigenvalue weighted by Crippen LogP contribution is -2.34. The summed E-state index contributed by atoms with van der Waals surface area (Å²) in [5.41, 5.74) is 1.35. The van der Waals surface area contributed by atoms with Crippen LogP contribution in [0.15, 0.2) is 24.3 Å². The van der Waals surface area contributed by atoms with Crippen molar-refractivity contribution in [2.24, 2.45) is 0 Å². The summed E-state index contributed by atoms with van der Waals surface area (Å²) >= 11 is 5.17. The van der Waals surface area contributed by atoms with E-state index in [4.69, 9.17) is 12.2 Å². The molecule has 1 saturated heterocycles. The lowest BCUT2D eigenvalue weighted by atomic mass is 10.2. The van der Waals surface area contributed by atoms with Crippen LogP contribution in [0.2, 0.25) is 0 Å². The maximum Gasteiger partial charge on any atom is 0.253 e. The Kier molecular flexibility index (Phi) is 7.18. The molecule has 1 fully saturated rings. The van der Waals surface area contributed by atoms with Crippen molar-refractivity contribution in [1.29, 1.82) is 0 Å². The molecule has 1 aliphatic heterocycles. The van der Waals surface area contributed by atoms with Gasteiger partial charge in [0.25, 0.3) is 5.91 Å². The summed E-state index contributed by atoms with van der Waals surface area (Å²) in [6.07, 6.45) is 5.59. The number of unbranched alkanes of at least 4 members (excludes halogenated alkanes) is 2. The van der Waals surface area contributed by atoms with E-state index in [1.54, 1.807) is 12.1 Å². The molecule has 6 heteroatoms. The SMILES string of the molecule is CCCCCC(=O)NC(=S)Nc1cccc(C(=O)N2CCCC2)c1. The van der Waals surface area contributed by atoms with Gasteiger partial charge >= 0.3 is 0 Å². The molecule has 1 heterocycles. The van der Waals surface area contributed by atoms with Crippen molar-refractivity contribution in [3.8, 4) is 0 Å². The van der Waals surface area contributed by atoms with Crippen LogP contribution in [0, 0.1) is 0 Å². The van der Waals surface area contributed by atoms with Crippen LogP contribution in [0.4, 0.5) is 5.69 Å². The second-order valence-corrected chi connectivity index (χ2v) is 6.45. The predicted octanol–water partition coefficient (Wildman–Crippen LogP) is 3.32. The Morgan fingerprint density at radius 3 is 2.67 bits per heavy atom. The van der Waals surface area contributed by atoms with Gasteiger partial charge in [-0.3, -0.25) is 9.59 Å². The number of nitrogens with zero attached hydrogens (tertiary/aromatic N) is 1. The molecule has 2 rings (SSSR count). The van der Waals surface area contributed by atoms with E-state index in [1.165, 1.54) is 0 Å². The molecule has 0 aromatic heterocycles. The largest absolute Gasteiger partial charge is 0.339 e. The molecule has 0 bridgehead atoms. The van der Waals surface area contributed by atoms with Gasteiger partial charge in [-0.15, -0.1) is 0 Å². The number of anilines is 1. The number of hydrogen-bond acceptors (Lipinski definition) is 3. The van der Waals surface area contributed by atoms with E-state index >= 15 is 0 Å². The molecule has 130 valence electrons. The highest BCUT2D eigenvalue weighted by Gasteiger charge is 2.19. The summed E-state index contributed by atoms with van der Waals surface area (Å²) in [4.78, 5) is 26.0. The van der Waals surface area contributed by atoms with Crippen LogP contribution in [0.1, 0.15) is 55.8 Å². The number of likely N-dealkylation sites (tertiary alicyclic amines) is 1. The Labute approximate surface area is 148 Å². The molecule has 0 radical (unpaired) electrons. The molecule has 5 nitrogen and oxygen atoms in total. The maximum absolute atomic E-state index is 12.4. The van der Waals surface area contributed by atoms with Crippen molar-refractivity contribution >= 4 is 34.8 Å². The van der Waals surface area contributed by atoms with Gasteiger partial charge in [0.05, 0.1) is 0 Å². The highest BCUT2D eigenvalue weighted by Crippen LogP contribution is 2.16. The quantitative estimate of drug-likeness (QED) is 0.612. The molecule has 2 amide bonds. The number of nitrogens with one attached hydrogen (secondary N) is 2. The highest BCUT2D eigenvalue weighted by molar-refractivity contribution is 7.80. The first-order valence-corrected chi connectivity index (χ1v) is 9.01. The topological polar surface area (TPSA) is 61.4 Å². The minimum Gasteiger partial charge on any atom is -0.339 e. The zero-order valence-corrected chi connectivity index (χ0v) is 15.0. The molecule has 1 aliphatic rings. The van der Waals surface area contributed by atoms with Gasteiger partial charge in [0, 0.05) is 30.8 Å². The lowest BCUT2D eigenvalue weighted by molar-refractivity contribution is -0.119. The zero-order chi connectivity index (χ0) is 17.4. The van der Waals surface area contributed by atoms with Gasteiger partial charge in [0.1, 0.15) is 0 Å². The first kappa shape index (κ1) is 18.4. The van der Waals surface area contributed by atoms with Crippen molar-refractivity contribution in [3.63, 3.8) is 0 Å². The van der Waals surface area contributed by atoms with Crippen molar-refractivity contribution in [2.45, 2.75) is 45.4 Å². The number of carbonyl (C=O) groups is 2. The average Bonchev–Trinajstić information content (AvgIpc) is 3.09. The normalized spacial score (nSPS) is 13.6. The van der Waals surface area contributed by atoms with E-state index in [2.05, 4.69) is 17.6 Å². The molecule has 24 heavy (non-hydrogen) atoms. The monoisotopic (exact) mass is 347 g/mol. The fourth-order valence-corrected chi connectivity index (χ4v) is 2.95. The standard InChI is InChI=1S/C18H25N3O2S/c1-2-3-4-10-16(22)20-18(24)19-15-9-7-8-14(13-15)17(23)21-11-5-6-12-21/h7-9,13H,2-6,10-12H2,1H3,(H2,19,20,22,24). The van der Waals surface area contributed by atoms with Crippen LogP contribution >= 0.6 is 12.2 Å². The minimum atomic E-state index is -0.0785. The fourth-order valence-electron chi connectivity index (χ4n) is 2.72. The van der Waals surface area contributed by atoms with Crippen LogP contribution in [0.5, 0.6) is 0 Å². The Morgan fingerprint density at radius 2 is 1.96 bits per heavy atom. The van der Waals surface area contributed by atoms with E-state index < -0.39 is 0 Å². The summed E-state index contributed by atoms with van der Waals surface area (Å²) in [6.45, 7) is 3.74. The van der Waals surface area contributed by atoms with Gasteiger partial charge in [0.15, 0.2) is 5.11 Å². The number of thiocarbonyl (C=S) groups is 1. The minimum absolute atomic E-state index is 0.0469. The lowest BCUT2D eigenvalue weighted by Gasteiger charge is -2.16. The van der Waals surface area contributed by atoms with E-state index in [1.807, 2.05) is 17.0 Å². The molecule has 2 N–H and O–H groups in total. The fraction of sp³-hybridized carbons (Fsp3) is 0.500. The van der Waals surface area contributed by atoms with Crippen LogP contribution < -0.4 is 10.6 Å². The molecule has 0 unspecified atom stereocenters. The molecule has 1 aromatic rings. The van der Waals surface area contributed by atoms with E-state index in [0.29, 0.717) is 17.7 Å². The van der Waals surface area contributed by atoms with E-state index in [-0.39, 0.29) is 16.9 Å². The molecule has 0 atom stereocenters. The summed E-state index contributed by atoms with van der Waals surface area (Å²) in [7, 11) is 0. The van der Waals surface area contributed by atoms with Crippen molar-refractivity contribution in [3.05, 3.63) is 29.8 Å². The summed E-state index contributed by atoms with van der Waals surface area (Å²) in [5, 5.41) is 5.92. The number of hydrogen-bond donors (Lipinski definition) is 2. The number of rotatable bonds is 6. The van der Waals surface area contributed by atoms with Crippen LogP contribution in [-0.4, -0.2) is 34.9 Å². The second-order valence-electron chi connectivity index (χ2n) is 6.04. The molecule has 0 saturated carbocycles. The van der Waals surface area contributed by atoms with Gasteiger partial charge in [-0.2, -0.15) is 0 Å². The van der Waals surface area contributed by atoms with Gasteiger partial charge in [-0.05, 0) is 49.7 Å². The summed E-state index contributed by atoms with van der Waals surface area (Å²) in [5.74, 6) is -0.0316. The highest BCUT2D eigenvalue weighted by atomic mass is 32.1. The third kappa shape index (κ3) is 5.60. The van der Waals surface area contributed by atoms with Crippen LogP contribution in [0.25, 0.3) is 0 Å². The number of carbonyl (C=O) groups excluding carboxylic acids is 2. The van der Waals surface area contributed by atoms with Crippen molar-refractivity contribution in [2.75, 3.05) is 18.4 Å². The Morgan fingerprint density at radius 1 is 1.21 bits per heavy atom. The molecule has 1 aromatic carbocycles. The predicted molar refractivity (Wildman–Crippen MR) is 100 cm³/mol. The third-order valence-electron chi connectivity index (χ3n) is 4.02. The van der Waals surface area contributed by atoms with E-state index in [0.717, 1.165) is 45.2 Å². The number of amides is 2. The Balaban J connectivity index is 1.88. The second kappa shape index (κ2) is 9.37. The number of benzene rings is 1. The van der Waals surface area contributed by atoms with Crippen LogP contribution in [0.3, 0.4) is 0 Å². The molecular weight excluding hydrogens is 322 g/mol. The molecule has 0 spiro atoms. The first-order valence-electron chi connectivity index (χ1n) is 8.60. The maximum atomic E-state index is 12.4. The van der Waals surface area contributed by atoms with Crippen LogP contribution in [-0.2, 0) is 4.79 Å². The van der Waals surface area contributed by atoms with Gasteiger partial charge in [-0.1, -0.05) is 25.8 Å². The van der Waals surface area contributed by atoms with Crippen molar-refractivity contribution in [1.82, 2.24) is 10.2 Å². The van der Waals surface area contributed by atoms with E-state index in [9.17, 15) is 9.59 Å². The summed E-state index contributed by atoms with van der Waals surface area (Å²) in [6, 6.07) is 7.22. The Bertz CT molecular complexity index is 598. The van der Waals surface area contributed by atoms with Gasteiger partial charge < -0.3 is 15.5 Å². The molecule has 0 aliphatic carbocycles. The first-order chi connectivity index (χ1) is 11.6. The summed E-state index contributed by atoms with van der Waals surface area (Å²) < 4.78 is 0. The van der Waals surface area contributed by atoms with Gasteiger partial charge in [0.2, 0.25) is 5.91 Å². The van der Waals surface area contributed by atoms with Crippen molar-refractivity contribution < 1.29 is 9.59 Å². The average molecular weight is 347 g/mol. The molecular formula is C18H25N3O2S. The zero-order valence-electron chi connectivity index (χ0n) is 14.1. The van der Waals surface area contributed by atoms with Gasteiger partial charge in [-0.25, -0.2) is 0 Å². The third-order valence-corrected chi connectivity index (χ3v) is 4.23. The smallest absolute Gasteiger partial charge is 0.253 e.